The van der Waals surface area contributed by atoms with Crippen molar-refractivity contribution in [3.63, 3.8) is 0 Å². The maximum absolute atomic E-state index is 10.9. The summed E-state index contributed by atoms with van der Waals surface area (Å²) in [5.74, 6) is 0.738. The van der Waals surface area contributed by atoms with Crippen molar-refractivity contribution in [3.05, 3.63) is 58.3 Å². The molecule has 0 spiro atoms. The van der Waals surface area contributed by atoms with Crippen LogP contribution in [0.5, 0.6) is 0 Å². The van der Waals surface area contributed by atoms with Gasteiger partial charge in [-0.05, 0) is 18.6 Å². The highest BCUT2D eigenvalue weighted by Crippen LogP contribution is 2.22. The third-order valence-electron chi connectivity index (χ3n) is 2.57. The number of aryl methyl sites for hydroxylation is 1. The summed E-state index contributed by atoms with van der Waals surface area (Å²) in [6.45, 7) is 0. The summed E-state index contributed by atoms with van der Waals surface area (Å²) < 4.78 is 0. The molecule has 0 atom stereocenters. The second kappa shape index (κ2) is 6.19. The van der Waals surface area contributed by atoms with Crippen molar-refractivity contribution in [3.8, 4) is 0 Å². The second-order valence-corrected chi connectivity index (χ2v) is 5.03. The minimum Gasteiger partial charge on any atom is -0.397 e. The number of nitro groups is 1. The molecule has 5 nitrogen and oxygen atoms in total. The number of nitrogens with zero attached hydrogens (tertiary/aromatic N) is 2. The molecule has 0 aliphatic carbocycles. The first-order valence-corrected chi connectivity index (χ1v) is 6.72. The van der Waals surface area contributed by atoms with Gasteiger partial charge in [-0.2, -0.15) is 0 Å². The Bertz CT molecular complexity index is 572. The van der Waals surface area contributed by atoms with Gasteiger partial charge in [-0.25, -0.2) is 4.98 Å². The van der Waals surface area contributed by atoms with Crippen LogP contribution in [0.25, 0.3) is 0 Å². The number of anilines is 1. The van der Waals surface area contributed by atoms with Crippen molar-refractivity contribution in [2.24, 2.45) is 0 Å². The molecular weight excluding hydrogens is 262 g/mol. The van der Waals surface area contributed by atoms with Gasteiger partial charge in [0.2, 0.25) is 0 Å². The summed E-state index contributed by atoms with van der Waals surface area (Å²) in [6, 6.07) is 10.4. The third-order valence-corrected chi connectivity index (χ3v) is 3.51. The fraction of sp³-hybridized carbons (Fsp3) is 0.154. The van der Waals surface area contributed by atoms with Crippen molar-refractivity contribution in [2.75, 3.05) is 11.5 Å². The van der Waals surface area contributed by atoms with Gasteiger partial charge in [0.1, 0.15) is 0 Å². The number of benzene rings is 1. The van der Waals surface area contributed by atoms with Gasteiger partial charge in [0, 0.05) is 17.4 Å². The highest BCUT2D eigenvalue weighted by atomic mass is 32.2. The minimum atomic E-state index is -0.346. The van der Waals surface area contributed by atoms with Gasteiger partial charge in [0.25, 0.3) is 5.69 Å². The lowest BCUT2D eigenvalue weighted by molar-refractivity contribution is -0.385. The van der Waals surface area contributed by atoms with Crippen LogP contribution >= 0.6 is 11.8 Å². The van der Waals surface area contributed by atoms with Crippen LogP contribution in [0.15, 0.2) is 47.6 Å². The normalized spacial score (nSPS) is 10.3. The number of aromatic nitrogens is 1. The van der Waals surface area contributed by atoms with E-state index in [-0.39, 0.29) is 10.6 Å². The summed E-state index contributed by atoms with van der Waals surface area (Å²) in [6.07, 6.45) is 2.24. The first kappa shape index (κ1) is 13.4. The van der Waals surface area contributed by atoms with Gasteiger partial charge in [0.05, 0.1) is 21.8 Å². The van der Waals surface area contributed by atoms with Crippen molar-refractivity contribution in [1.29, 1.82) is 0 Å². The molecule has 0 aliphatic heterocycles. The molecule has 0 saturated heterocycles. The standard InChI is InChI=1S/C13H13N3O2S/c14-11-5-6-13(15-9-11)19-8-7-10-3-1-2-4-12(10)16(17)18/h1-6,9H,7-8,14H2. The summed E-state index contributed by atoms with van der Waals surface area (Å²) in [7, 11) is 0. The number of hydrogen-bond acceptors (Lipinski definition) is 5. The zero-order valence-electron chi connectivity index (χ0n) is 10.2. The SMILES string of the molecule is Nc1ccc(SCCc2ccccc2[N+](=O)[O-])nc1. The quantitative estimate of drug-likeness (QED) is 0.515. The Kier molecular flexibility index (Phi) is 4.35. The number of nitrogen functional groups attached to an aromatic ring is 1. The van der Waals surface area contributed by atoms with Crippen molar-refractivity contribution in [1.82, 2.24) is 4.98 Å². The van der Waals surface area contributed by atoms with Crippen LogP contribution in [0.4, 0.5) is 11.4 Å². The van der Waals surface area contributed by atoms with Crippen molar-refractivity contribution < 1.29 is 4.92 Å². The van der Waals surface area contributed by atoms with Gasteiger partial charge in [0.15, 0.2) is 0 Å². The molecule has 2 aromatic rings. The molecule has 2 rings (SSSR count). The minimum absolute atomic E-state index is 0.174. The molecule has 19 heavy (non-hydrogen) atoms. The van der Waals surface area contributed by atoms with E-state index in [2.05, 4.69) is 4.98 Å². The number of para-hydroxylation sites is 1. The highest BCUT2D eigenvalue weighted by Gasteiger charge is 2.11. The van der Waals surface area contributed by atoms with Crippen LogP contribution in [0.3, 0.4) is 0 Å². The number of rotatable bonds is 5. The first-order chi connectivity index (χ1) is 9.16. The molecule has 0 radical (unpaired) electrons. The molecule has 2 N–H and O–H groups in total. The number of pyridine rings is 1. The Morgan fingerprint density at radius 1 is 1.26 bits per heavy atom. The second-order valence-electron chi connectivity index (χ2n) is 3.91. The molecule has 0 amide bonds. The lowest BCUT2D eigenvalue weighted by Gasteiger charge is -2.03. The van der Waals surface area contributed by atoms with Crippen molar-refractivity contribution >= 4 is 23.1 Å². The Balaban J connectivity index is 1.96. The fourth-order valence-electron chi connectivity index (χ4n) is 1.64. The van der Waals surface area contributed by atoms with E-state index in [0.717, 1.165) is 16.3 Å². The topological polar surface area (TPSA) is 82.0 Å². The fourth-order valence-corrected chi connectivity index (χ4v) is 2.47. The lowest BCUT2D eigenvalue weighted by atomic mass is 10.1. The van der Waals surface area contributed by atoms with E-state index in [1.54, 1.807) is 36.2 Å². The number of hydrogen-bond donors (Lipinski definition) is 1. The summed E-state index contributed by atoms with van der Waals surface area (Å²) >= 11 is 1.56. The Hall–Kier alpha value is -2.08. The van der Waals surface area contributed by atoms with Crippen LogP contribution < -0.4 is 5.73 Å². The van der Waals surface area contributed by atoms with E-state index in [1.807, 2.05) is 12.1 Å². The predicted molar refractivity (Wildman–Crippen MR) is 76.2 cm³/mol. The molecule has 1 heterocycles. The molecule has 1 aromatic carbocycles. The molecular formula is C13H13N3O2S. The average molecular weight is 275 g/mol. The maximum atomic E-state index is 10.9. The van der Waals surface area contributed by atoms with Crippen molar-refractivity contribution in [2.45, 2.75) is 11.4 Å². The smallest absolute Gasteiger partial charge is 0.272 e. The molecule has 98 valence electrons. The maximum Gasteiger partial charge on any atom is 0.272 e. The van der Waals surface area contributed by atoms with Gasteiger partial charge in [-0.15, -0.1) is 11.8 Å². The molecule has 6 heteroatoms. The Labute approximate surface area is 115 Å². The summed E-state index contributed by atoms with van der Waals surface area (Å²) in [4.78, 5) is 14.7. The molecule has 0 bridgehead atoms. The zero-order valence-corrected chi connectivity index (χ0v) is 11.0. The number of nitro benzene ring substituents is 1. The largest absolute Gasteiger partial charge is 0.397 e. The van der Waals surface area contributed by atoms with E-state index < -0.39 is 0 Å². The first-order valence-electron chi connectivity index (χ1n) is 5.73. The lowest BCUT2D eigenvalue weighted by Crippen LogP contribution is -1.97. The zero-order chi connectivity index (χ0) is 13.7. The average Bonchev–Trinajstić information content (AvgIpc) is 2.41. The number of thioether (sulfide) groups is 1. The molecule has 1 aromatic heterocycles. The van der Waals surface area contributed by atoms with Crippen LogP contribution in [0, 0.1) is 10.1 Å². The van der Waals surface area contributed by atoms with Gasteiger partial charge in [-0.1, -0.05) is 18.2 Å². The van der Waals surface area contributed by atoms with Crippen LogP contribution in [-0.2, 0) is 6.42 Å². The summed E-state index contributed by atoms with van der Waals surface area (Å²) in [5.41, 5.74) is 7.10. The highest BCUT2D eigenvalue weighted by molar-refractivity contribution is 7.99. The Morgan fingerprint density at radius 3 is 2.74 bits per heavy atom. The summed E-state index contributed by atoms with van der Waals surface area (Å²) in [5, 5.41) is 11.7. The molecule has 0 fully saturated rings. The van der Waals surface area contributed by atoms with Gasteiger partial charge < -0.3 is 5.73 Å². The van der Waals surface area contributed by atoms with Crippen LogP contribution in [0.1, 0.15) is 5.56 Å². The monoisotopic (exact) mass is 275 g/mol. The third kappa shape index (κ3) is 3.69. The van der Waals surface area contributed by atoms with E-state index in [9.17, 15) is 10.1 Å². The van der Waals surface area contributed by atoms with E-state index >= 15 is 0 Å². The predicted octanol–water partition coefficient (Wildman–Crippen LogP) is 2.91. The molecule has 0 unspecified atom stereocenters. The van der Waals surface area contributed by atoms with Crippen LogP contribution in [-0.4, -0.2) is 15.7 Å². The number of nitrogens with two attached hydrogens (primary N) is 1. The Morgan fingerprint density at radius 2 is 2.05 bits per heavy atom. The molecule has 0 aliphatic rings. The van der Waals surface area contributed by atoms with E-state index in [1.165, 1.54) is 6.07 Å². The van der Waals surface area contributed by atoms with E-state index in [4.69, 9.17) is 5.73 Å². The van der Waals surface area contributed by atoms with Gasteiger partial charge in [-0.3, -0.25) is 10.1 Å². The van der Waals surface area contributed by atoms with E-state index in [0.29, 0.717) is 12.1 Å². The molecule has 0 saturated carbocycles. The van der Waals surface area contributed by atoms with Gasteiger partial charge >= 0.3 is 0 Å². The van der Waals surface area contributed by atoms with Crippen LogP contribution in [0.2, 0.25) is 0 Å².